The number of carbonyl (C=O) groups is 1. The van der Waals surface area contributed by atoms with Crippen LogP contribution in [0.5, 0.6) is 0 Å². The number of hydrogen-bond donors (Lipinski definition) is 0. The summed E-state index contributed by atoms with van der Waals surface area (Å²) < 4.78 is 0. The summed E-state index contributed by atoms with van der Waals surface area (Å²) in [5, 5.41) is 0. The molecule has 0 saturated heterocycles. The van der Waals surface area contributed by atoms with Crippen molar-refractivity contribution in [2.24, 2.45) is 0 Å². The Balaban J connectivity index is 2.07. The first kappa shape index (κ1) is 14.0. The minimum Gasteiger partial charge on any atom is -0.290 e. The van der Waals surface area contributed by atoms with E-state index in [0.29, 0.717) is 0 Å². The molecule has 0 heterocycles. The SMILES string of the molecule is Cc1ccccc1C=CC(=O)C=Cc1ccccc1C. The Kier molecular flexibility index (Phi) is 4.67. The van der Waals surface area contributed by atoms with E-state index in [9.17, 15) is 4.79 Å². The Morgan fingerprint density at radius 1 is 0.750 bits per heavy atom. The van der Waals surface area contributed by atoms with E-state index in [1.54, 1.807) is 12.2 Å². The van der Waals surface area contributed by atoms with Crippen LogP contribution in [-0.4, -0.2) is 5.78 Å². The van der Waals surface area contributed by atoms with Gasteiger partial charge >= 0.3 is 0 Å². The van der Waals surface area contributed by atoms with Crippen molar-refractivity contribution < 1.29 is 4.79 Å². The van der Waals surface area contributed by atoms with Gasteiger partial charge in [-0.05, 0) is 48.3 Å². The van der Waals surface area contributed by atoms with Crippen molar-refractivity contribution in [3.63, 3.8) is 0 Å². The molecular formula is C19H18O. The summed E-state index contributed by atoms with van der Waals surface area (Å²) in [7, 11) is 0. The third-order valence-electron chi connectivity index (χ3n) is 3.23. The molecule has 0 atom stereocenters. The second-order valence-electron chi connectivity index (χ2n) is 4.78. The van der Waals surface area contributed by atoms with Gasteiger partial charge in [-0.1, -0.05) is 60.7 Å². The zero-order chi connectivity index (χ0) is 14.4. The zero-order valence-electron chi connectivity index (χ0n) is 11.8. The van der Waals surface area contributed by atoms with Gasteiger partial charge in [-0.2, -0.15) is 0 Å². The van der Waals surface area contributed by atoms with Crippen LogP contribution in [0.15, 0.2) is 60.7 Å². The molecule has 100 valence electrons. The molecule has 0 N–H and O–H groups in total. The molecule has 0 spiro atoms. The van der Waals surface area contributed by atoms with E-state index in [0.717, 1.165) is 11.1 Å². The molecule has 0 radical (unpaired) electrons. The summed E-state index contributed by atoms with van der Waals surface area (Å²) >= 11 is 0. The summed E-state index contributed by atoms with van der Waals surface area (Å²) in [6.45, 7) is 4.07. The van der Waals surface area contributed by atoms with Gasteiger partial charge in [-0.25, -0.2) is 0 Å². The van der Waals surface area contributed by atoms with Gasteiger partial charge in [0, 0.05) is 0 Å². The minimum atomic E-state index is -0.00324. The average Bonchev–Trinajstić information content (AvgIpc) is 2.45. The molecule has 20 heavy (non-hydrogen) atoms. The topological polar surface area (TPSA) is 17.1 Å². The van der Waals surface area contributed by atoms with E-state index < -0.39 is 0 Å². The fourth-order valence-electron chi connectivity index (χ4n) is 1.95. The first-order valence-electron chi connectivity index (χ1n) is 6.68. The number of aryl methyl sites for hydroxylation is 2. The number of hydrogen-bond acceptors (Lipinski definition) is 1. The van der Waals surface area contributed by atoms with Gasteiger partial charge in [0.25, 0.3) is 0 Å². The molecule has 0 aliphatic carbocycles. The smallest absolute Gasteiger partial charge is 0.178 e. The van der Waals surface area contributed by atoms with Crippen molar-refractivity contribution in [1.82, 2.24) is 0 Å². The molecule has 0 unspecified atom stereocenters. The molecule has 0 fully saturated rings. The first-order chi connectivity index (χ1) is 9.66. The lowest BCUT2D eigenvalue weighted by atomic mass is 10.1. The van der Waals surface area contributed by atoms with Crippen LogP contribution >= 0.6 is 0 Å². The monoisotopic (exact) mass is 262 g/mol. The molecule has 0 aromatic heterocycles. The van der Waals surface area contributed by atoms with Crippen LogP contribution in [-0.2, 0) is 4.79 Å². The van der Waals surface area contributed by atoms with Crippen molar-refractivity contribution in [2.45, 2.75) is 13.8 Å². The van der Waals surface area contributed by atoms with Crippen molar-refractivity contribution in [3.05, 3.63) is 82.9 Å². The molecule has 1 heteroatoms. The summed E-state index contributed by atoms with van der Waals surface area (Å²) in [6.07, 6.45) is 6.94. The lowest BCUT2D eigenvalue weighted by molar-refractivity contribution is -0.110. The van der Waals surface area contributed by atoms with Gasteiger partial charge in [0.2, 0.25) is 0 Å². The van der Waals surface area contributed by atoms with Crippen LogP contribution in [0.1, 0.15) is 22.3 Å². The van der Waals surface area contributed by atoms with E-state index >= 15 is 0 Å². The van der Waals surface area contributed by atoms with Crippen LogP contribution in [0.3, 0.4) is 0 Å². The number of ketones is 1. The summed E-state index contributed by atoms with van der Waals surface area (Å²) in [4.78, 5) is 11.8. The van der Waals surface area contributed by atoms with E-state index in [1.165, 1.54) is 11.1 Å². The van der Waals surface area contributed by atoms with Gasteiger partial charge in [0.1, 0.15) is 0 Å². The lowest BCUT2D eigenvalue weighted by Gasteiger charge is -1.98. The quantitative estimate of drug-likeness (QED) is 0.736. The number of rotatable bonds is 4. The fourth-order valence-corrected chi connectivity index (χ4v) is 1.95. The third-order valence-corrected chi connectivity index (χ3v) is 3.23. The number of allylic oxidation sites excluding steroid dienone is 2. The maximum atomic E-state index is 11.8. The van der Waals surface area contributed by atoms with Gasteiger partial charge < -0.3 is 0 Å². The van der Waals surface area contributed by atoms with E-state index in [4.69, 9.17) is 0 Å². The molecule has 0 aliphatic rings. The Morgan fingerprint density at radius 3 is 1.55 bits per heavy atom. The fraction of sp³-hybridized carbons (Fsp3) is 0.105. The number of carbonyl (C=O) groups excluding carboxylic acids is 1. The van der Waals surface area contributed by atoms with Gasteiger partial charge in [0.05, 0.1) is 0 Å². The minimum absolute atomic E-state index is 0.00324. The zero-order valence-corrected chi connectivity index (χ0v) is 11.8. The Bertz CT molecular complexity index is 605. The van der Waals surface area contributed by atoms with Crippen LogP contribution < -0.4 is 0 Å². The molecule has 0 saturated carbocycles. The largest absolute Gasteiger partial charge is 0.290 e. The van der Waals surface area contributed by atoms with Crippen LogP contribution in [0.2, 0.25) is 0 Å². The lowest BCUT2D eigenvalue weighted by Crippen LogP contribution is -1.87. The highest BCUT2D eigenvalue weighted by atomic mass is 16.1. The van der Waals surface area contributed by atoms with Gasteiger partial charge in [-0.3, -0.25) is 4.79 Å². The summed E-state index contributed by atoms with van der Waals surface area (Å²) in [6, 6.07) is 16.0. The highest BCUT2D eigenvalue weighted by molar-refractivity contribution is 6.04. The summed E-state index contributed by atoms with van der Waals surface area (Å²) in [5.74, 6) is -0.00324. The molecule has 1 nitrogen and oxygen atoms in total. The second-order valence-corrected chi connectivity index (χ2v) is 4.78. The molecule has 2 aromatic rings. The first-order valence-corrected chi connectivity index (χ1v) is 6.68. The standard InChI is InChI=1S/C19H18O/c1-15-7-3-5-9-17(15)11-13-19(20)14-12-18-10-6-4-8-16(18)2/h3-14H,1-2H3. The molecule has 0 aliphatic heterocycles. The van der Waals surface area contributed by atoms with Crippen molar-refractivity contribution >= 4 is 17.9 Å². The maximum Gasteiger partial charge on any atom is 0.178 e. The van der Waals surface area contributed by atoms with Crippen molar-refractivity contribution in [3.8, 4) is 0 Å². The van der Waals surface area contributed by atoms with Gasteiger partial charge in [-0.15, -0.1) is 0 Å². The van der Waals surface area contributed by atoms with E-state index in [1.807, 2.05) is 74.5 Å². The highest BCUT2D eigenvalue weighted by Gasteiger charge is 1.95. The van der Waals surface area contributed by atoms with E-state index in [2.05, 4.69) is 0 Å². The van der Waals surface area contributed by atoms with Crippen LogP contribution in [0.25, 0.3) is 12.2 Å². The van der Waals surface area contributed by atoms with E-state index in [-0.39, 0.29) is 5.78 Å². The predicted octanol–water partition coefficient (Wildman–Crippen LogP) is 4.60. The van der Waals surface area contributed by atoms with Gasteiger partial charge in [0.15, 0.2) is 5.78 Å². The van der Waals surface area contributed by atoms with Crippen LogP contribution in [0.4, 0.5) is 0 Å². The molecule has 0 amide bonds. The normalized spacial score (nSPS) is 11.3. The second kappa shape index (κ2) is 6.67. The molecule has 2 rings (SSSR count). The average molecular weight is 262 g/mol. The predicted molar refractivity (Wildman–Crippen MR) is 85.4 cm³/mol. The van der Waals surface area contributed by atoms with Crippen molar-refractivity contribution in [2.75, 3.05) is 0 Å². The molecule has 2 aromatic carbocycles. The van der Waals surface area contributed by atoms with Crippen LogP contribution in [0, 0.1) is 13.8 Å². The van der Waals surface area contributed by atoms with Crippen molar-refractivity contribution in [1.29, 1.82) is 0 Å². The summed E-state index contributed by atoms with van der Waals surface area (Å²) in [5.41, 5.74) is 4.48. The number of benzene rings is 2. The maximum absolute atomic E-state index is 11.8. The Morgan fingerprint density at radius 2 is 1.15 bits per heavy atom. The Hall–Kier alpha value is -2.41. The Labute approximate surface area is 120 Å². The third kappa shape index (κ3) is 3.79. The molecule has 0 bridgehead atoms. The highest BCUT2D eigenvalue weighted by Crippen LogP contribution is 2.10. The molecular weight excluding hydrogens is 244 g/mol.